The fourth-order valence-electron chi connectivity index (χ4n) is 2.88. The van der Waals surface area contributed by atoms with Gasteiger partial charge in [0.2, 0.25) is 6.41 Å². The Bertz CT molecular complexity index is 657. The molecule has 21 heavy (non-hydrogen) atoms. The molecule has 0 bridgehead atoms. The van der Waals surface area contributed by atoms with Crippen molar-refractivity contribution in [3.63, 3.8) is 0 Å². The van der Waals surface area contributed by atoms with Crippen molar-refractivity contribution in [3.8, 4) is 0 Å². The topological polar surface area (TPSA) is 89.9 Å². The minimum Gasteiger partial charge on any atom is -0.382 e. The molecule has 0 aromatic carbocycles. The van der Waals surface area contributed by atoms with E-state index in [1.54, 1.807) is 0 Å². The molecular formula is C13H17BrN6O. The van der Waals surface area contributed by atoms with Gasteiger partial charge in [-0.05, 0) is 41.6 Å². The van der Waals surface area contributed by atoms with Crippen LogP contribution in [0.2, 0.25) is 0 Å². The van der Waals surface area contributed by atoms with Gasteiger partial charge >= 0.3 is 0 Å². The van der Waals surface area contributed by atoms with Gasteiger partial charge in [0.05, 0.1) is 0 Å². The molecule has 7 nitrogen and oxygen atoms in total. The lowest BCUT2D eigenvalue weighted by Crippen LogP contribution is -2.39. The fourth-order valence-corrected chi connectivity index (χ4v) is 3.40. The van der Waals surface area contributed by atoms with Gasteiger partial charge in [0.1, 0.15) is 6.33 Å². The summed E-state index contributed by atoms with van der Waals surface area (Å²) >= 11 is 3.45. The Morgan fingerprint density at radius 2 is 2.29 bits per heavy atom. The number of fused-ring (bicyclic) bond motifs is 1. The number of amides is 1. The third kappa shape index (κ3) is 2.72. The number of carbonyl (C=O) groups is 1. The molecule has 1 atom stereocenters. The lowest BCUT2D eigenvalue weighted by atomic mass is 10.00. The van der Waals surface area contributed by atoms with E-state index in [2.05, 4.69) is 30.9 Å². The lowest BCUT2D eigenvalue weighted by Gasteiger charge is -2.32. The zero-order valence-corrected chi connectivity index (χ0v) is 13.2. The van der Waals surface area contributed by atoms with E-state index >= 15 is 0 Å². The number of rotatable bonds is 4. The molecule has 2 aromatic heterocycles. The van der Waals surface area contributed by atoms with Gasteiger partial charge in [0, 0.05) is 19.1 Å². The van der Waals surface area contributed by atoms with Crippen LogP contribution in [0.3, 0.4) is 0 Å². The van der Waals surface area contributed by atoms with Crippen LogP contribution in [-0.2, 0) is 11.3 Å². The Labute approximate surface area is 130 Å². The zero-order valence-electron chi connectivity index (χ0n) is 11.6. The summed E-state index contributed by atoms with van der Waals surface area (Å²) in [6.45, 7) is 1.59. The Hall–Kier alpha value is -1.70. The molecule has 112 valence electrons. The highest BCUT2D eigenvalue weighted by Gasteiger charge is 2.22. The molecule has 1 amide bonds. The largest absolute Gasteiger partial charge is 0.382 e. The van der Waals surface area contributed by atoms with Crippen LogP contribution in [0.4, 0.5) is 5.82 Å². The molecule has 0 aliphatic carbocycles. The maximum absolute atomic E-state index is 11.1. The second-order valence-corrected chi connectivity index (χ2v) is 5.95. The molecule has 8 heteroatoms. The number of hydrogen-bond donors (Lipinski definition) is 1. The van der Waals surface area contributed by atoms with Crippen molar-refractivity contribution < 1.29 is 4.79 Å². The average molecular weight is 353 g/mol. The van der Waals surface area contributed by atoms with Gasteiger partial charge in [-0.25, -0.2) is 15.0 Å². The first-order chi connectivity index (χ1) is 10.2. The highest BCUT2D eigenvalue weighted by molar-refractivity contribution is 9.10. The van der Waals surface area contributed by atoms with Gasteiger partial charge in [-0.3, -0.25) is 4.79 Å². The van der Waals surface area contributed by atoms with Crippen LogP contribution >= 0.6 is 15.9 Å². The minimum atomic E-state index is 0.291. The van der Waals surface area contributed by atoms with Crippen molar-refractivity contribution >= 4 is 39.3 Å². The van der Waals surface area contributed by atoms with Gasteiger partial charge in [-0.15, -0.1) is 0 Å². The molecule has 2 N–H and O–H groups in total. The maximum Gasteiger partial charge on any atom is 0.209 e. The van der Waals surface area contributed by atoms with Crippen LogP contribution in [0.25, 0.3) is 11.2 Å². The fraction of sp³-hybridized carbons (Fsp3) is 0.538. The number of likely N-dealkylation sites (tertiary alicyclic amines) is 1. The first-order valence-electron chi connectivity index (χ1n) is 7.04. The average Bonchev–Trinajstić information content (AvgIpc) is 2.83. The number of hydrogen-bond acceptors (Lipinski definition) is 5. The molecule has 0 spiro atoms. The number of halogens is 1. The van der Waals surface area contributed by atoms with Gasteiger partial charge < -0.3 is 15.2 Å². The van der Waals surface area contributed by atoms with Crippen molar-refractivity contribution in [2.75, 3.05) is 12.3 Å². The van der Waals surface area contributed by atoms with E-state index in [0.717, 1.165) is 44.4 Å². The number of anilines is 1. The molecule has 1 unspecified atom stereocenters. The summed E-state index contributed by atoms with van der Waals surface area (Å²) < 4.78 is 2.67. The van der Waals surface area contributed by atoms with E-state index in [9.17, 15) is 4.79 Å². The predicted molar refractivity (Wildman–Crippen MR) is 82.5 cm³/mol. The van der Waals surface area contributed by atoms with E-state index in [1.807, 2.05) is 9.47 Å². The number of nitrogens with zero attached hydrogens (tertiary/aromatic N) is 5. The smallest absolute Gasteiger partial charge is 0.209 e. The summed E-state index contributed by atoms with van der Waals surface area (Å²) in [6, 6.07) is 0.291. The molecule has 3 heterocycles. The van der Waals surface area contributed by atoms with Crippen molar-refractivity contribution in [1.82, 2.24) is 24.4 Å². The summed E-state index contributed by atoms with van der Waals surface area (Å²) in [5.74, 6) is 0.381. The molecule has 1 aliphatic heterocycles. The zero-order chi connectivity index (χ0) is 14.8. The standard InChI is InChI=1S/C13H17BrN6O/c14-13-18-10-11(15)16-7-17-12(10)20(13)6-4-9-3-1-2-5-19(9)8-21/h7-9H,1-6H2,(H2,15,16,17). The number of aromatic nitrogens is 4. The number of nitrogens with two attached hydrogens (primary N) is 1. The molecule has 1 saturated heterocycles. The maximum atomic E-state index is 11.1. The first kappa shape index (κ1) is 14.2. The molecule has 0 radical (unpaired) electrons. The monoisotopic (exact) mass is 352 g/mol. The van der Waals surface area contributed by atoms with Crippen LogP contribution < -0.4 is 5.73 Å². The summed E-state index contributed by atoms with van der Waals surface area (Å²) in [5, 5.41) is 0. The Morgan fingerprint density at radius 1 is 1.43 bits per heavy atom. The van der Waals surface area contributed by atoms with Gasteiger partial charge in [-0.2, -0.15) is 0 Å². The SMILES string of the molecule is Nc1ncnc2c1nc(Br)n2CCC1CCCCN1C=O. The predicted octanol–water partition coefficient (Wildman–Crippen LogP) is 1.57. The summed E-state index contributed by atoms with van der Waals surface area (Å²) in [6.07, 6.45) is 6.62. The lowest BCUT2D eigenvalue weighted by molar-refractivity contribution is -0.121. The van der Waals surface area contributed by atoms with Crippen molar-refractivity contribution in [1.29, 1.82) is 0 Å². The molecule has 1 aliphatic rings. The molecule has 3 rings (SSSR count). The quantitative estimate of drug-likeness (QED) is 0.666. The summed E-state index contributed by atoms with van der Waals surface area (Å²) in [4.78, 5) is 25.6. The second kappa shape index (κ2) is 5.97. The number of carbonyl (C=O) groups excluding carboxylic acids is 1. The molecule has 0 saturated carbocycles. The summed E-state index contributed by atoms with van der Waals surface area (Å²) in [7, 11) is 0. The number of imidazole rings is 1. The highest BCUT2D eigenvalue weighted by Crippen LogP contribution is 2.24. The summed E-state index contributed by atoms with van der Waals surface area (Å²) in [5.41, 5.74) is 7.15. The van der Waals surface area contributed by atoms with Crippen LogP contribution in [-0.4, -0.2) is 43.4 Å². The van der Waals surface area contributed by atoms with Gasteiger partial charge in [0.25, 0.3) is 0 Å². The van der Waals surface area contributed by atoms with E-state index in [0.29, 0.717) is 22.1 Å². The molecule has 2 aromatic rings. The van der Waals surface area contributed by atoms with Crippen LogP contribution in [0.15, 0.2) is 11.1 Å². The third-order valence-electron chi connectivity index (χ3n) is 4.01. The minimum absolute atomic E-state index is 0.291. The van der Waals surface area contributed by atoms with Crippen molar-refractivity contribution in [3.05, 3.63) is 11.1 Å². The van der Waals surface area contributed by atoms with E-state index < -0.39 is 0 Å². The van der Waals surface area contributed by atoms with Gasteiger partial charge in [-0.1, -0.05) is 0 Å². The third-order valence-corrected chi connectivity index (χ3v) is 4.61. The van der Waals surface area contributed by atoms with Crippen molar-refractivity contribution in [2.45, 2.75) is 38.3 Å². The van der Waals surface area contributed by atoms with Gasteiger partial charge in [0.15, 0.2) is 21.7 Å². The van der Waals surface area contributed by atoms with Crippen LogP contribution in [0.5, 0.6) is 0 Å². The Morgan fingerprint density at radius 3 is 3.10 bits per heavy atom. The number of nitrogen functional groups attached to an aromatic ring is 1. The van der Waals surface area contributed by atoms with E-state index in [4.69, 9.17) is 5.73 Å². The van der Waals surface area contributed by atoms with E-state index in [-0.39, 0.29) is 0 Å². The van der Waals surface area contributed by atoms with Crippen LogP contribution in [0.1, 0.15) is 25.7 Å². The molecular weight excluding hydrogens is 336 g/mol. The van der Waals surface area contributed by atoms with Crippen molar-refractivity contribution in [2.24, 2.45) is 0 Å². The second-order valence-electron chi connectivity index (χ2n) is 5.25. The molecule has 1 fully saturated rings. The Kier molecular flexibility index (Phi) is 4.05. The van der Waals surface area contributed by atoms with E-state index in [1.165, 1.54) is 12.7 Å². The normalized spacial score (nSPS) is 19.1. The first-order valence-corrected chi connectivity index (χ1v) is 7.83. The van der Waals surface area contributed by atoms with Crippen LogP contribution in [0, 0.1) is 0 Å². The highest BCUT2D eigenvalue weighted by atomic mass is 79.9. The Balaban J connectivity index is 1.80. The number of piperidine rings is 1. The number of aryl methyl sites for hydroxylation is 1.